The third-order valence-corrected chi connectivity index (χ3v) is 11.5. The van der Waals surface area contributed by atoms with Crippen LogP contribution < -0.4 is 0 Å². The van der Waals surface area contributed by atoms with Crippen LogP contribution in [0.2, 0.25) is 0 Å². The van der Waals surface area contributed by atoms with Gasteiger partial charge in [-0.15, -0.1) is 22.7 Å². The molecule has 0 radical (unpaired) electrons. The first kappa shape index (κ1) is 25.1. The van der Waals surface area contributed by atoms with E-state index in [2.05, 4.69) is 156 Å². The van der Waals surface area contributed by atoms with Crippen molar-refractivity contribution in [2.45, 2.75) is 0 Å². The zero-order valence-corrected chi connectivity index (χ0v) is 25.8. The highest BCUT2D eigenvalue weighted by atomic mass is 32.1. The number of nitrogens with zero attached hydrogens (tertiary/aromatic N) is 1. The number of benzene rings is 7. The molecule has 0 saturated carbocycles. The molecule has 10 rings (SSSR count). The van der Waals surface area contributed by atoms with Crippen molar-refractivity contribution in [1.82, 2.24) is 4.57 Å². The largest absolute Gasteiger partial charge is 0.309 e. The van der Waals surface area contributed by atoms with Gasteiger partial charge in [-0.3, -0.25) is 0 Å². The molecule has 210 valence electrons. The Morgan fingerprint density at radius 2 is 0.956 bits per heavy atom. The van der Waals surface area contributed by atoms with Gasteiger partial charge in [-0.2, -0.15) is 0 Å². The van der Waals surface area contributed by atoms with E-state index in [1.807, 2.05) is 22.7 Å². The Labute approximate surface area is 267 Å². The van der Waals surface area contributed by atoms with Gasteiger partial charge >= 0.3 is 0 Å². The summed E-state index contributed by atoms with van der Waals surface area (Å²) < 4.78 is 7.81. The van der Waals surface area contributed by atoms with Gasteiger partial charge in [0.2, 0.25) is 0 Å². The van der Waals surface area contributed by atoms with E-state index in [4.69, 9.17) is 0 Å². The topological polar surface area (TPSA) is 4.93 Å². The fourth-order valence-electron chi connectivity index (χ4n) is 7.12. The van der Waals surface area contributed by atoms with Crippen molar-refractivity contribution >= 4 is 84.8 Å². The summed E-state index contributed by atoms with van der Waals surface area (Å²) in [7, 11) is 0. The molecule has 0 aliphatic carbocycles. The standard InChI is InChI=1S/C42H25NS2/c1-2-9-26(10-3-1)29-17-20-30-33-23-27(28-19-22-40-34(24-28)31-11-4-6-14-38(31)44-40)18-21-35(33)43(37(30)25-29)36-13-8-16-41-42(36)32-12-5-7-15-39(32)45-41/h1-25H. The Hall–Kier alpha value is -5.22. The highest BCUT2D eigenvalue weighted by Gasteiger charge is 2.18. The fraction of sp³-hybridized carbons (Fsp3) is 0. The Kier molecular flexibility index (Phi) is 5.39. The predicted octanol–water partition coefficient (Wildman–Crippen LogP) is 12.9. The van der Waals surface area contributed by atoms with Gasteiger partial charge in [0.05, 0.1) is 16.7 Å². The van der Waals surface area contributed by atoms with Gasteiger partial charge in [0.1, 0.15) is 0 Å². The number of aromatic nitrogens is 1. The third-order valence-electron chi connectivity index (χ3n) is 9.20. The molecule has 7 aromatic carbocycles. The van der Waals surface area contributed by atoms with Crippen molar-refractivity contribution in [2.24, 2.45) is 0 Å². The van der Waals surface area contributed by atoms with Crippen LogP contribution in [0.5, 0.6) is 0 Å². The number of rotatable bonds is 3. The minimum absolute atomic E-state index is 1.23. The van der Waals surface area contributed by atoms with E-state index in [1.165, 1.54) is 90.1 Å². The second kappa shape index (κ2) is 9.64. The Morgan fingerprint density at radius 1 is 0.333 bits per heavy atom. The lowest BCUT2D eigenvalue weighted by atomic mass is 10.00. The molecule has 0 aliphatic rings. The number of thiophene rings is 2. The minimum atomic E-state index is 1.23. The van der Waals surface area contributed by atoms with Gasteiger partial charge in [-0.05, 0) is 76.9 Å². The third kappa shape index (κ3) is 3.78. The predicted molar refractivity (Wildman–Crippen MR) is 197 cm³/mol. The van der Waals surface area contributed by atoms with E-state index < -0.39 is 0 Å². The first-order chi connectivity index (χ1) is 22.3. The van der Waals surface area contributed by atoms with Crippen molar-refractivity contribution in [1.29, 1.82) is 0 Å². The van der Waals surface area contributed by atoms with Crippen LogP contribution in [0.3, 0.4) is 0 Å². The molecule has 0 atom stereocenters. The smallest absolute Gasteiger partial charge is 0.0555 e. The molecule has 0 saturated heterocycles. The van der Waals surface area contributed by atoms with Crippen LogP contribution in [0.4, 0.5) is 0 Å². The average Bonchev–Trinajstić information content (AvgIpc) is 3.77. The highest BCUT2D eigenvalue weighted by Crippen LogP contribution is 2.43. The van der Waals surface area contributed by atoms with Gasteiger partial charge in [0.25, 0.3) is 0 Å². The van der Waals surface area contributed by atoms with Crippen LogP contribution in [-0.2, 0) is 0 Å². The van der Waals surface area contributed by atoms with Gasteiger partial charge in [-0.25, -0.2) is 0 Å². The summed E-state index contributed by atoms with van der Waals surface area (Å²) in [6, 6.07) is 56.0. The van der Waals surface area contributed by atoms with E-state index in [0.717, 1.165) is 0 Å². The maximum absolute atomic E-state index is 2.50. The van der Waals surface area contributed by atoms with E-state index in [1.54, 1.807) is 0 Å². The summed E-state index contributed by atoms with van der Waals surface area (Å²) in [5, 5.41) is 7.84. The van der Waals surface area contributed by atoms with Gasteiger partial charge in [-0.1, -0.05) is 97.1 Å². The maximum Gasteiger partial charge on any atom is 0.0555 e. The monoisotopic (exact) mass is 607 g/mol. The summed E-state index contributed by atoms with van der Waals surface area (Å²) in [4.78, 5) is 0. The number of hydrogen-bond donors (Lipinski definition) is 0. The molecular formula is C42H25NS2. The van der Waals surface area contributed by atoms with Crippen LogP contribution in [-0.4, -0.2) is 4.57 Å². The quantitative estimate of drug-likeness (QED) is 0.188. The molecular weight excluding hydrogens is 583 g/mol. The molecule has 0 bridgehead atoms. The molecule has 10 aromatic rings. The SMILES string of the molecule is c1ccc(-c2ccc3c4cc(-c5ccc6sc7ccccc7c6c5)ccc4n(-c4cccc5sc6ccccc6c45)c3c2)cc1. The molecule has 0 N–H and O–H groups in total. The lowest BCUT2D eigenvalue weighted by molar-refractivity contribution is 1.20. The van der Waals surface area contributed by atoms with Crippen LogP contribution in [0.15, 0.2) is 152 Å². The van der Waals surface area contributed by atoms with Crippen LogP contribution >= 0.6 is 22.7 Å². The maximum atomic E-state index is 2.50. The summed E-state index contributed by atoms with van der Waals surface area (Å²) in [6.45, 7) is 0. The van der Waals surface area contributed by atoms with E-state index in [9.17, 15) is 0 Å². The Bertz CT molecular complexity index is 2760. The molecule has 1 nitrogen and oxygen atoms in total. The fourth-order valence-corrected chi connectivity index (χ4v) is 9.33. The second-order valence-electron chi connectivity index (χ2n) is 11.7. The van der Waals surface area contributed by atoms with Crippen LogP contribution in [0.1, 0.15) is 0 Å². The van der Waals surface area contributed by atoms with Crippen molar-refractivity contribution < 1.29 is 0 Å². The molecule has 45 heavy (non-hydrogen) atoms. The van der Waals surface area contributed by atoms with Crippen LogP contribution in [0, 0.1) is 0 Å². The molecule has 0 spiro atoms. The van der Waals surface area contributed by atoms with E-state index >= 15 is 0 Å². The minimum Gasteiger partial charge on any atom is -0.309 e. The van der Waals surface area contributed by atoms with Crippen LogP contribution in [0.25, 0.3) is 90.1 Å². The molecule has 0 amide bonds. The molecule has 0 aliphatic heterocycles. The van der Waals surface area contributed by atoms with Gasteiger partial charge < -0.3 is 4.57 Å². The zero-order chi connectivity index (χ0) is 29.5. The van der Waals surface area contributed by atoms with Crippen molar-refractivity contribution in [3.63, 3.8) is 0 Å². The number of fused-ring (bicyclic) bond motifs is 9. The zero-order valence-electron chi connectivity index (χ0n) is 24.2. The first-order valence-electron chi connectivity index (χ1n) is 15.3. The average molecular weight is 608 g/mol. The molecule has 0 fully saturated rings. The molecule has 3 heterocycles. The van der Waals surface area contributed by atoms with Crippen molar-refractivity contribution in [3.8, 4) is 27.9 Å². The molecule has 0 unspecified atom stereocenters. The second-order valence-corrected chi connectivity index (χ2v) is 13.9. The van der Waals surface area contributed by atoms with E-state index in [-0.39, 0.29) is 0 Å². The lowest BCUT2D eigenvalue weighted by Gasteiger charge is -2.11. The Balaban J connectivity index is 1.27. The normalized spacial score (nSPS) is 12.0. The summed E-state index contributed by atoms with van der Waals surface area (Å²) in [5.74, 6) is 0. The van der Waals surface area contributed by atoms with Gasteiger partial charge in [0, 0.05) is 51.1 Å². The van der Waals surface area contributed by atoms with E-state index in [0.29, 0.717) is 0 Å². The summed E-state index contributed by atoms with van der Waals surface area (Å²) in [6.07, 6.45) is 0. The summed E-state index contributed by atoms with van der Waals surface area (Å²) in [5.41, 5.74) is 8.63. The molecule has 3 heteroatoms. The highest BCUT2D eigenvalue weighted by molar-refractivity contribution is 7.26. The number of hydrogen-bond acceptors (Lipinski definition) is 2. The molecule has 3 aromatic heterocycles. The van der Waals surface area contributed by atoms with Crippen molar-refractivity contribution in [3.05, 3.63) is 152 Å². The summed E-state index contributed by atoms with van der Waals surface area (Å²) >= 11 is 3.74. The van der Waals surface area contributed by atoms with Gasteiger partial charge in [0.15, 0.2) is 0 Å². The Morgan fingerprint density at radius 3 is 1.82 bits per heavy atom. The van der Waals surface area contributed by atoms with Crippen molar-refractivity contribution in [2.75, 3.05) is 0 Å². The first-order valence-corrected chi connectivity index (χ1v) is 16.9. The lowest BCUT2D eigenvalue weighted by Crippen LogP contribution is -1.95.